The number of hydrogen-bond acceptors (Lipinski definition) is 2. The standard InChI is InChI=1S/C14H24FNO/c15-14(7-3-8-16-11-14)12-4-9-17-13(10-12)5-1-2-6-13/h12,16H,1-11H2. The maximum Gasteiger partial charge on any atom is 0.126 e. The van der Waals surface area contributed by atoms with E-state index < -0.39 is 5.67 Å². The van der Waals surface area contributed by atoms with E-state index in [1.165, 1.54) is 12.8 Å². The minimum absolute atomic E-state index is 0.0550. The van der Waals surface area contributed by atoms with Gasteiger partial charge in [-0.05, 0) is 51.0 Å². The van der Waals surface area contributed by atoms with E-state index in [1.54, 1.807) is 0 Å². The van der Waals surface area contributed by atoms with Gasteiger partial charge in [0.2, 0.25) is 0 Å². The second kappa shape index (κ2) is 4.51. The van der Waals surface area contributed by atoms with Crippen molar-refractivity contribution in [2.75, 3.05) is 19.7 Å². The van der Waals surface area contributed by atoms with Gasteiger partial charge in [0.05, 0.1) is 5.60 Å². The predicted octanol–water partition coefficient (Wildman–Crippen LogP) is 2.82. The highest BCUT2D eigenvalue weighted by Crippen LogP contribution is 2.47. The summed E-state index contributed by atoms with van der Waals surface area (Å²) in [5.41, 5.74) is -0.906. The van der Waals surface area contributed by atoms with Crippen LogP contribution in [0.1, 0.15) is 51.4 Å². The maximum absolute atomic E-state index is 15.0. The first-order chi connectivity index (χ1) is 8.23. The lowest BCUT2D eigenvalue weighted by molar-refractivity contribution is -0.124. The van der Waals surface area contributed by atoms with Gasteiger partial charge in [0.15, 0.2) is 0 Å². The Morgan fingerprint density at radius 1 is 1.12 bits per heavy atom. The monoisotopic (exact) mass is 241 g/mol. The zero-order chi connectivity index (χ0) is 11.8. The fraction of sp³-hybridized carbons (Fsp3) is 1.00. The molecule has 2 unspecified atom stereocenters. The van der Waals surface area contributed by atoms with Crippen LogP contribution in [0.15, 0.2) is 0 Å². The molecule has 3 heteroatoms. The highest BCUT2D eigenvalue weighted by molar-refractivity contribution is 5.00. The minimum Gasteiger partial charge on any atom is -0.375 e. The van der Waals surface area contributed by atoms with Gasteiger partial charge in [0, 0.05) is 13.2 Å². The molecule has 0 aromatic carbocycles. The van der Waals surface area contributed by atoms with Crippen molar-refractivity contribution in [2.45, 2.75) is 62.6 Å². The molecule has 1 spiro atoms. The molecule has 2 aliphatic heterocycles. The highest BCUT2D eigenvalue weighted by Gasteiger charge is 2.48. The molecule has 1 N–H and O–H groups in total. The summed E-state index contributed by atoms with van der Waals surface area (Å²) in [6, 6.07) is 0. The quantitative estimate of drug-likeness (QED) is 0.762. The van der Waals surface area contributed by atoms with Crippen LogP contribution >= 0.6 is 0 Å². The minimum atomic E-state index is -0.961. The lowest BCUT2D eigenvalue weighted by Gasteiger charge is -2.45. The number of rotatable bonds is 1. The Labute approximate surface area is 103 Å². The first-order valence-electron chi connectivity index (χ1n) is 7.26. The molecule has 1 aliphatic carbocycles. The highest BCUT2D eigenvalue weighted by atomic mass is 19.1. The van der Waals surface area contributed by atoms with Crippen LogP contribution in [0.3, 0.4) is 0 Å². The van der Waals surface area contributed by atoms with Crippen molar-refractivity contribution in [1.82, 2.24) is 5.32 Å². The molecule has 3 fully saturated rings. The van der Waals surface area contributed by atoms with Crippen LogP contribution in [0.25, 0.3) is 0 Å². The van der Waals surface area contributed by atoms with Crippen LogP contribution < -0.4 is 5.32 Å². The number of piperidine rings is 1. The molecular weight excluding hydrogens is 217 g/mol. The van der Waals surface area contributed by atoms with E-state index in [4.69, 9.17) is 4.74 Å². The zero-order valence-electron chi connectivity index (χ0n) is 10.6. The molecule has 3 rings (SSSR count). The summed E-state index contributed by atoms with van der Waals surface area (Å²) in [6.45, 7) is 2.32. The normalized spacial score (nSPS) is 41.8. The summed E-state index contributed by atoms with van der Waals surface area (Å²) in [7, 11) is 0. The molecule has 0 amide bonds. The van der Waals surface area contributed by atoms with Gasteiger partial charge in [-0.25, -0.2) is 4.39 Å². The van der Waals surface area contributed by atoms with Crippen molar-refractivity contribution in [3.63, 3.8) is 0 Å². The molecule has 98 valence electrons. The van der Waals surface area contributed by atoms with Crippen molar-refractivity contribution in [1.29, 1.82) is 0 Å². The fourth-order valence-electron chi connectivity index (χ4n) is 4.08. The fourth-order valence-corrected chi connectivity index (χ4v) is 4.08. The van der Waals surface area contributed by atoms with Crippen molar-refractivity contribution < 1.29 is 9.13 Å². The molecule has 2 atom stereocenters. The number of ether oxygens (including phenoxy) is 1. The molecule has 0 aromatic heterocycles. The molecule has 3 aliphatic rings. The number of nitrogens with one attached hydrogen (secondary N) is 1. The van der Waals surface area contributed by atoms with Gasteiger partial charge in [0.1, 0.15) is 5.67 Å². The SMILES string of the molecule is FC1(C2CCOC3(CCCC3)C2)CCCNC1. The van der Waals surface area contributed by atoms with Gasteiger partial charge in [-0.1, -0.05) is 12.8 Å². The third kappa shape index (κ3) is 2.24. The van der Waals surface area contributed by atoms with Crippen LogP contribution in [0.5, 0.6) is 0 Å². The van der Waals surface area contributed by atoms with Gasteiger partial charge >= 0.3 is 0 Å². The van der Waals surface area contributed by atoms with E-state index in [2.05, 4.69) is 5.32 Å². The maximum atomic E-state index is 15.0. The second-order valence-corrected chi connectivity index (χ2v) is 6.24. The average Bonchev–Trinajstić information content (AvgIpc) is 2.78. The Hall–Kier alpha value is -0.150. The van der Waals surface area contributed by atoms with E-state index in [9.17, 15) is 4.39 Å². The van der Waals surface area contributed by atoms with Gasteiger partial charge in [-0.3, -0.25) is 0 Å². The van der Waals surface area contributed by atoms with E-state index in [0.717, 1.165) is 51.7 Å². The third-order valence-electron chi connectivity index (χ3n) is 5.10. The summed E-state index contributed by atoms with van der Waals surface area (Å²) >= 11 is 0. The topological polar surface area (TPSA) is 21.3 Å². The molecule has 0 aromatic rings. The first-order valence-corrected chi connectivity index (χ1v) is 7.26. The van der Waals surface area contributed by atoms with Gasteiger partial charge in [-0.15, -0.1) is 0 Å². The Bertz CT molecular complexity index is 269. The van der Waals surface area contributed by atoms with Crippen molar-refractivity contribution >= 4 is 0 Å². The molecule has 1 saturated carbocycles. The molecule has 0 bridgehead atoms. The van der Waals surface area contributed by atoms with Crippen LogP contribution in [-0.2, 0) is 4.74 Å². The average molecular weight is 241 g/mol. The lowest BCUT2D eigenvalue weighted by Crippen LogP contribution is -2.52. The van der Waals surface area contributed by atoms with Crippen molar-refractivity contribution in [2.24, 2.45) is 5.92 Å². The van der Waals surface area contributed by atoms with Gasteiger partial charge < -0.3 is 10.1 Å². The second-order valence-electron chi connectivity index (χ2n) is 6.24. The summed E-state index contributed by atoms with van der Waals surface area (Å²) in [6.07, 6.45) is 8.47. The zero-order valence-corrected chi connectivity index (χ0v) is 10.6. The largest absolute Gasteiger partial charge is 0.375 e. The Kier molecular flexibility index (Phi) is 3.16. The molecule has 17 heavy (non-hydrogen) atoms. The summed E-state index contributed by atoms with van der Waals surface area (Å²) in [5, 5.41) is 3.24. The van der Waals surface area contributed by atoms with Crippen molar-refractivity contribution in [3.8, 4) is 0 Å². The molecule has 2 heterocycles. The molecular formula is C14H24FNO. The number of alkyl halides is 1. The van der Waals surface area contributed by atoms with Crippen LogP contribution in [0.2, 0.25) is 0 Å². The van der Waals surface area contributed by atoms with E-state index >= 15 is 0 Å². The predicted molar refractivity (Wildman–Crippen MR) is 65.8 cm³/mol. The number of halogens is 1. The first kappa shape index (κ1) is 11.9. The van der Waals surface area contributed by atoms with Crippen molar-refractivity contribution in [3.05, 3.63) is 0 Å². The van der Waals surface area contributed by atoms with Gasteiger partial charge in [-0.2, -0.15) is 0 Å². The summed E-state index contributed by atoms with van der Waals surface area (Å²) in [5.74, 6) is 0.224. The van der Waals surface area contributed by atoms with Crippen LogP contribution in [0.4, 0.5) is 4.39 Å². The number of hydrogen-bond donors (Lipinski definition) is 1. The lowest BCUT2D eigenvalue weighted by atomic mass is 9.73. The van der Waals surface area contributed by atoms with E-state index in [-0.39, 0.29) is 11.5 Å². The van der Waals surface area contributed by atoms with Gasteiger partial charge in [0.25, 0.3) is 0 Å². The molecule has 0 radical (unpaired) electrons. The Balaban J connectivity index is 1.70. The Morgan fingerprint density at radius 3 is 2.65 bits per heavy atom. The third-order valence-corrected chi connectivity index (χ3v) is 5.10. The summed E-state index contributed by atoms with van der Waals surface area (Å²) in [4.78, 5) is 0. The van der Waals surface area contributed by atoms with E-state index in [1.807, 2.05) is 0 Å². The van der Waals surface area contributed by atoms with E-state index in [0.29, 0.717) is 6.54 Å². The van der Waals surface area contributed by atoms with Crippen LogP contribution in [0, 0.1) is 5.92 Å². The molecule has 2 saturated heterocycles. The van der Waals surface area contributed by atoms with Crippen LogP contribution in [-0.4, -0.2) is 31.0 Å². The molecule has 2 nitrogen and oxygen atoms in total. The summed E-state index contributed by atoms with van der Waals surface area (Å²) < 4.78 is 21.0. The Morgan fingerprint density at radius 2 is 1.94 bits per heavy atom. The smallest absolute Gasteiger partial charge is 0.126 e.